The largest absolute Gasteiger partial charge is 0.490 e. The number of benzene rings is 2. The van der Waals surface area contributed by atoms with E-state index in [0.717, 1.165) is 11.3 Å². The van der Waals surface area contributed by atoms with Gasteiger partial charge < -0.3 is 19.7 Å². The molecule has 0 bridgehead atoms. The molecule has 2 rings (SSSR count). The summed E-state index contributed by atoms with van der Waals surface area (Å²) in [6.45, 7) is -0.479. The van der Waals surface area contributed by atoms with Crippen molar-refractivity contribution in [1.82, 2.24) is 5.32 Å². The van der Waals surface area contributed by atoms with Crippen LogP contribution in [-0.2, 0) is 11.3 Å². The molecule has 0 spiro atoms. The highest BCUT2D eigenvalue weighted by molar-refractivity contribution is 5.91. The Labute approximate surface area is 163 Å². The molecule has 7 heteroatoms. The van der Waals surface area contributed by atoms with Crippen LogP contribution in [0.15, 0.2) is 48.5 Å². The number of amides is 1. The number of alkyl halides is 2. The zero-order valence-corrected chi connectivity index (χ0v) is 16.1. The molecule has 0 aromatic heterocycles. The van der Waals surface area contributed by atoms with E-state index in [2.05, 4.69) is 10.1 Å². The van der Waals surface area contributed by atoms with Crippen molar-refractivity contribution in [1.29, 1.82) is 0 Å². The summed E-state index contributed by atoms with van der Waals surface area (Å²) in [4.78, 5) is 14.0. The molecule has 0 saturated heterocycles. The third-order valence-corrected chi connectivity index (χ3v) is 3.83. The molecule has 0 unspecified atom stereocenters. The number of anilines is 1. The summed E-state index contributed by atoms with van der Waals surface area (Å²) < 4.78 is 34.6. The van der Waals surface area contributed by atoms with Crippen LogP contribution in [0, 0.1) is 0 Å². The van der Waals surface area contributed by atoms with Gasteiger partial charge in [0.25, 0.3) is 0 Å². The summed E-state index contributed by atoms with van der Waals surface area (Å²) in [5.74, 6) is -0.103. The Hall–Kier alpha value is -3.09. The van der Waals surface area contributed by atoms with Gasteiger partial charge in [0, 0.05) is 32.4 Å². The SMILES string of the molecule is CCOc1cc(/C=C/C(=O)NCc2ccc(N(C)C)cc2)ccc1OC(F)F. The molecular weight excluding hydrogens is 366 g/mol. The molecule has 0 heterocycles. The Morgan fingerprint density at radius 1 is 1.14 bits per heavy atom. The number of carbonyl (C=O) groups is 1. The van der Waals surface area contributed by atoms with E-state index in [4.69, 9.17) is 4.74 Å². The van der Waals surface area contributed by atoms with Crippen molar-refractivity contribution in [3.05, 3.63) is 59.7 Å². The molecule has 0 fully saturated rings. The Bertz CT molecular complexity index is 806. The minimum Gasteiger partial charge on any atom is -0.490 e. The summed E-state index contributed by atoms with van der Waals surface area (Å²) in [5, 5.41) is 2.80. The van der Waals surface area contributed by atoms with Gasteiger partial charge in [-0.15, -0.1) is 0 Å². The first-order chi connectivity index (χ1) is 13.4. The number of hydrogen-bond donors (Lipinski definition) is 1. The van der Waals surface area contributed by atoms with Gasteiger partial charge in [0.1, 0.15) is 0 Å². The van der Waals surface area contributed by atoms with E-state index in [1.807, 2.05) is 43.3 Å². The monoisotopic (exact) mass is 390 g/mol. The molecule has 1 amide bonds. The zero-order valence-electron chi connectivity index (χ0n) is 16.1. The third kappa shape index (κ3) is 6.57. The normalized spacial score (nSPS) is 10.9. The maximum absolute atomic E-state index is 12.4. The molecule has 0 aliphatic carbocycles. The molecule has 5 nitrogen and oxygen atoms in total. The van der Waals surface area contributed by atoms with Gasteiger partial charge >= 0.3 is 6.61 Å². The van der Waals surface area contributed by atoms with Crippen molar-refractivity contribution in [2.24, 2.45) is 0 Å². The number of hydrogen-bond acceptors (Lipinski definition) is 4. The highest BCUT2D eigenvalue weighted by Crippen LogP contribution is 2.30. The van der Waals surface area contributed by atoms with Gasteiger partial charge in [-0.2, -0.15) is 8.78 Å². The number of rotatable bonds is 9. The zero-order chi connectivity index (χ0) is 20.5. The van der Waals surface area contributed by atoms with E-state index in [9.17, 15) is 13.6 Å². The lowest BCUT2D eigenvalue weighted by atomic mass is 10.1. The van der Waals surface area contributed by atoms with Crippen molar-refractivity contribution < 1.29 is 23.0 Å². The second-order valence-electron chi connectivity index (χ2n) is 6.13. The van der Waals surface area contributed by atoms with Crippen LogP contribution in [0.25, 0.3) is 6.08 Å². The smallest absolute Gasteiger partial charge is 0.387 e. The summed E-state index contributed by atoms with van der Waals surface area (Å²) in [6, 6.07) is 12.4. The molecule has 0 radical (unpaired) electrons. The maximum atomic E-state index is 12.4. The molecular formula is C21H24F2N2O3. The van der Waals surface area contributed by atoms with E-state index in [0.29, 0.717) is 18.7 Å². The van der Waals surface area contributed by atoms with Crippen LogP contribution >= 0.6 is 0 Å². The molecule has 0 aliphatic rings. The van der Waals surface area contributed by atoms with Crippen LogP contribution in [0.2, 0.25) is 0 Å². The fourth-order valence-electron chi connectivity index (χ4n) is 2.42. The Balaban J connectivity index is 1.96. The lowest BCUT2D eigenvalue weighted by Gasteiger charge is -2.12. The van der Waals surface area contributed by atoms with E-state index >= 15 is 0 Å². The van der Waals surface area contributed by atoms with Gasteiger partial charge in [-0.1, -0.05) is 18.2 Å². The lowest BCUT2D eigenvalue weighted by Crippen LogP contribution is -2.20. The van der Waals surface area contributed by atoms with Gasteiger partial charge in [0.2, 0.25) is 5.91 Å². The van der Waals surface area contributed by atoms with E-state index < -0.39 is 6.61 Å². The molecule has 1 N–H and O–H groups in total. The van der Waals surface area contributed by atoms with Gasteiger partial charge in [-0.3, -0.25) is 4.79 Å². The summed E-state index contributed by atoms with van der Waals surface area (Å²) in [7, 11) is 3.93. The van der Waals surface area contributed by atoms with Crippen molar-refractivity contribution >= 4 is 17.7 Å². The van der Waals surface area contributed by atoms with Crippen LogP contribution in [0.3, 0.4) is 0 Å². The number of carbonyl (C=O) groups excluding carboxylic acids is 1. The highest BCUT2D eigenvalue weighted by atomic mass is 19.3. The fraction of sp³-hybridized carbons (Fsp3) is 0.286. The molecule has 2 aromatic carbocycles. The van der Waals surface area contributed by atoms with Crippen LogP contribution in [0.4, 0.5) is 14.5 Å². The topological polar surface area (TPSA) is 50.8 Å². The summed E-state index contributed by atoms with van der Waals surface area (Å²) >= 11 is 0. The van der Waals surface area contributed by atoms with Gasteiger partial charge in [-0.05, 0) is 48.4 Å². The predicted molar refractivity (Wildman–Crippen MR) is 106 cm³/mol. The number of halogens is 2. The molecule has 0 atom stereocenters. The minimum atomic E-state index is -2.93. The van der Waals surface area contributed by atoms with E-state index in [-0.39, 0.29) is 17.4 Å². The van der Waals surface area contributed by atoms with Crippen LogP contribution in [-0.4, -0.2) is 33.2 Å². The highest BCUT2D eigenvalue weighted by Gasteiger charge is 2.11. The first-order valence-electron chi connectivity index (χ1n) is 8.83. The molecule has 0 aliphatic heterocycles. The Morgan fingerprint density at radius 3 is 2.46 bits per heavy atom. The first-order valence-corrected chi connectivity index (χ1v) is 8.83. The number of nitrogens with one attached hydrogen (secondary N) is 1. The molecule has 2 aromatic rings. The van der Waals surface area contributed by atoms with Crippen molar-refractivity contribution in [2.75, 3.05) is 25.6 Å². The van der Waals surface area contributed by atoms with Crippen LogP contribution in [0.1, 0.15) is 18.1 Å². The summed E-state index contributed by atoms with van der Waals surface area (Å²) in [5.41, 5.74) is 2.70. The minimum absolute atomic E-state index is 0.0420. The van der Waals surface area contributed by atoms with Crippen LogP contribution < -0.4 is 19.7 Å². The predicted octanol–water partition coefficient (Wildman–Crippen LogP) is 4.08. The van der Waals surface area contributed by atoms with Crippen molar-refractivity contribution in [3.63, 3.8) is 0 Å². The van der Waals surface area contributed by atoms with E-state index in [1.165, 1.54) is 12.1 Å². The average Bonchev–Trinajstić information content (AvgIpc) is 2.66. The first kappa shape index (κ1) is 21.2. The second-order valence-corrected chi connectivity index (χ2v) is 6.13. The third-order valence-electron chi connectivity index (χ3n) is 3.83. The van der Waals surface area contributed by atoms with E-state index in [1.54, 1.807) is 25.1 Å². The second kappa shape index (κ2) is 10.3. The molecule has 0 saturated carbocycles. The lowest BCUT2D eigenvalue weighted by molar-refractivity contribution is -0.116. The quantitative estimate of drug-likeness (QED) is 0.656. The fourth-order valence-corrected chi connectivity index (χ4v) is 2.42. The standard InChI is InChI=1S/C21H24F2N2O3/c1-4-27-19-13-15(7-11-18(19)28-21(22)23)8-12-20(26)24-14-16-5-9-17(10-6-16)25(2)3/h5-13,21H,4,14H2,1-3H3,(H,24,26)/b12-8+. The van der Waals surface area contributed by atoms with Crippen molar-refractivity contribution in [2.45, 2.75) is 20.1 Å². The number of ether oxygens (including phenoxy) is 2. The van der Waals surface area contributed by atoms with Crippen molar-refractivity contribution in [3.8, 4) is 11.5 Å². The van der Waals surface area contributed by atoms with Gasteiger partial charge in [-0.25, -0.2) is 0 Å². The molecule has 150 valence electrons. The van der Waals surface area contributed by atoms with Gasteiger partial charge in [0.05, 0.1) is 6.61 Å². The average molecular weight is 390 g/mol. The Kier molecular flexibility index (Phi) is 7.80. The van der Waals surface area contributed by atoms with Crippen LogP contribution in [0.5, 0.6) is 11.5 Å². The Morgan fingerprint density at radius 2 is 1.86 bits per heavy atom. The number of nitrogens with zero attached hydrogens (tertiary/aromatic N) is 1. The molecule has 28 heavy (non-hydrogen) atoms. The summed E-state index contributed by atoms with van der Waals surface area (Å²) in [6.07, 6.45) is 2.96. The van der Waals surface area contributed by atoms with Gasteiger partial charge in [0.15, 0.2) is 11.5 Å². The maximum Gasteiger partial charge on any atom is 0.387 e.